The molecule has 1 aliphatic rings. The van der Waals surface area contributed by atoms with Crippen LogP contribution in [0.5, 0.6) is 0 Å². The number of benzene rings is 1. The Labute approximate surface area is 117 Å². The molecule has 1 aliphatic heterocycles. The molecule has 0 saturated carbocycles. The quantitative estimate of drug-likeness (QED) is 0.482. The van der Waals surface area contributed by atoms with Crippen LogP contribution in [0.4, 0.5) is 11.4 Å². The molecule has 9 heteroatoms. The normalized spacial score (nSPS) is 18.1. The van der Waals surface area contributed by atoms with Crippen molar-refractivity contribution < 1.29 is 13.3 Å². The number of hydrogen-bond donors (Lipinski definition) is 1. The zero-order valence-corrected chi connectivity index (χ0v) is 11.8. The maximum atomic E-state index is 12.5. The maximum absolute atomic E-state index is 12.5. The van der Waals surface area contributed by atoms with Crippen molar-refractivity contribution in [3.8, 4) is 0 Å². The zero-order chi connectivity index (χ0) is 14.9. The van der Waals surface area contributed by atoms with Crippen LogP contribution in [0.15, 0.2) is 23.1 Å². The van der Waals surface area contributed by atoms with Crippen LogP contribution in [0.1, 0.15) is 0 Å². The summed E-state index contributed by atoms with van der Waals surface area (Å²) < 4.78 is 26.3. The lowest BCUT2D eigenvalue weighted by Crippen LogP contribution is -2.47. The Balaban J connectivity index is 2.42. The van der Waals surface area contributed by atoms with Gasteiger partial charge in [-0.2, -0.15) is 4.31 Å². The average molecular weight is 300 g/mol. The number of nitro benzene ring substituents is 1. The van der Waals surface area contributed by atoms with E-state index in [0.717, 1.165) is 6.07 Å². The van der Waals surface area contributed by atoms with Gasteiger partial charge in [0, 0.05) is 37.9 Å². The fourth-order valence-corrected chi connectivity index (χ4v) is 3.62. The van der Waals surface area contributed by atoms with Crippen LogP contribution in [0, 0.1) is 10.1 Å². The minimum atomic E-state index is -3.87. The van der Waals surface area contributed by atoms with Crippen LogP contribution < -0.4 is 5.73 Å². The van der Waals surface area contributed by atoms with Crippen molar-refractivity contribution in [2.24, 2.45) is 0 Å². The summed E-state index contributed by atoms with van der Waals surface area (Å²) in [6.45, 7) is 1.84. The lowest BCUT2D eigenvalue weighted by molar-refractivity contribution is -0.387. The summed E-state index contributed by atoms with van der Waals surface area (Å²) in [5.74, 6) is 0. The van der Waals surface area contributed by atoms with E-state index in [4.69, 9.17) is 5.73 Å². The smallest absolute Gasteiger partial charge is 0.291 e. The number of anilines is 1. The maximum Gasteiger partial charge on any atom is 0.291 e. The topological polar surface area (TPSA) is 110 Å². The van der Waals surface area contributed by atoms with Crippen LogP contribution in [-0.4, -0.2) is 55.8 Å². The minimum Gasteiger partial charge on any atom is -0.399 e. The molecule has 1 fully saturated rings. The molecule has 0 radical (unpaired) electrons. The molecular formula is C11H16N4O4S. The summed E-state index contributed by atoms with van der Waals surface area (Å²) >= 11 is 0. The minimum absolute atomic E-state index is 0.161. The first-order valence-electron chi connectivity index (χ1n) is 6.05. The van der Waals surface area contributed by atoms with E-state index in [1.165, 1.54) is 16.4 Å². The Hall–Kier alpha value is -1.71. The van der Waals surface area contributed by atoms with E-state index in [2.05, 4.69) is 0 Å². The Morgan fingerprint density at radius 2 is 1.85 bits per heavy atom. The highest BCUT2D eigenvalue weighted by atomic mass is 32.2. The molecule has 20 heavy (non-hydrogen) atoms. The van der Waals surface area contributed by atoms with Gasteiger partial charge in [0.15, 0.2) is 4.90 Å². The summed E-state index contributed by atoms with van der Waals surface area (Å²) in [5.41, 5.74) is 5.16. The second-order valence-electron chi connectivity index (χ2n) is 4.69. The molecule has 0 spiro atoms. The highest BCUT2D eigenvalue weighted by Gasteiger charge is 2.33. The van der Waals surface area contributed by atoms with Crippen LogP contribution in [-0.2, 0) is 10.0 Å². The number of rotatable bonds is 3. The average Bonchev–Trinajstić information content (AvgIpc) is 2.38. The number of piperazine rings is 1. The highest BCUT2D eigenvalue weighted by Crippen LogP contribution is 2.29. The number of likely N-dealkylation sites (N-methyl/N-ethyl adjacent to an activating group) is 1. The Morgan fingerprint density at radius 1 is 1.25 bits per heavy atom. The number of nitrogens with two attached hydrogens (primary N) is 1. The van der Waals surface area contributed by atoms with Gasteiger partial charge in [0.05, 0.1) is 4.92 Å². The van der Waals surface area contributed by atoms with Gasteiger partial charge in [0.25, 0.3) is 5.69 Å². The molecule has 0 amide bonds. The first-order valence-corrected chi connectivity index (χ1v) is 7.49. The van der Waals surface area contributed by atoms with E-state index in [0.29, 0.717) is 26.2 Å². The lowest BCUT2D eigenvalue weighted by atomic mass is 10.3. The van der Waals surface area contributed by atoms with Crippen molar-refractivity contribution in [2.75, 3.05) is 39.0 Å². The van der Waals surface area contributed by atoms with E-state index in [1.54, 1.807) is 0 Å². The molecule has 0 aromatic heterocycles. The Bertz CT molecular complexity index is 623. The number of nitrogen functional groups attached to an aromatic ring is 1. The molecular weight excluding hydrogens is 284 g/mol. The van der Waals surface area contributed by atoms with Crippen LogP contribution in [0.3, 0.4) is 0 Å². The molecule has 0 aliphatic carbocycles. The largest absolute Gasteiger partial charge is 0.399 e. The molecule has 0 bridgehead atoms. The van der Waals surface area contributed by atoms with Gasteiger partial charge < -0.3 is 10.6 Å². The second kappa shape index (κ2) is 5.35. The van der Waals surface area contributed by atoms with E-state index < -0.39 is 20.6 Å². The highest BCUT2D eigenvalue weighted by molar-refractivity contribution is 7.89. The fourth-order valence-electron chi connectivity index (χ4n) is 2.06. The van der Waals surface area contributed by atoms with Gasteiger partial charge in [0.1, 0.15) is 0 Å². The van der Waals surface area contributed by atoms with Crippen LogP contribution >= 0.6 is 0 Å². The monoisotopic (exact) mass is 300 g/mol. The van der Waals surface area contributed by atoms with Gasteiger partial charge in [-0.25, -0.2) is 8.42 Å². The molecule has 1 saturated heterocycles. The zero-order valence-electron chi connectivity index (χ0n) is 11.0. The van der Waals surface area contributed by atoms with Crippen molar-refractivity contribution in [1.82, 2.24) is 9.21 Å². The number of nitro groups is 1. The lowest BCUT2D eigenvalue weighted by Gasteiger charge is -2.31. The first kappa shape index (κ1) is 14.7. The summed E-state index contributed by atoms with van der Waals surface area (Å²) in [5, 5.41) is 11.0. The predicted molar refractivity (Wildman–Crippen MR) is 73.8 cm³/mol. The Kier molecular flexibility index (Phi) is 3.93. The van der Waals surface area contributed by atoms with E-state index >= 15 is 0 Å². The SMILES string of the molecule is CN1CCN(S(=O)(=O)c2ccc(N)cc2[N+](=O)[O-])CC1. The molecule has 0 unspecified atom stereocenters. The van der Waals surface area contributed by atoms with Gasteiger partial charge in [-0.1, -0.05) is 0 Å². The predicted octanol–water partition coefficient (Wildman–Crippen LogP) is 0.113. The van der Waals surface area contributed by atoms with Crippen LogP contribution in [0.2, 0.25) is 0 Å². The van der Waals surface area contributed by atoms with Gasteiger partial charge in [-0.3, -0.25) is 10.1 Å². The third-order valence-corrected chi connectivity index (χ3v) is 5.21. The van der Waals surface area contributed by atoms with E-state index in [1.807, 2.05) is 11.9 Å². The van der Waals surface area contributed by atoms with Crippen LogP contribution in [0.25, 0.3) is 0 Å². The molecule has 8 nitrogen and oxygen atoms in total. The standard InChI is InChI=1S/C11H16N4O4S/c1-13-4-6-14(7-5-13)20(18,19)11-3-2-9(12)8-10(11)15(16)17/h2-3,8H,4-7,12H2,1H3. The summed E-state index contributed by atoms with van der Waals surface area (Å²) in [6.07, 6.45) is 0. The van der Waals surface area contributed by atoms with Crippen molar-refractivity contribution in [1.29, 1.82) is 0 Å². The molecule has 1 aromatic rings. The third-order valence-electron chi connectivity index (χ3n) is 3.26. The molecule has 2 rings (SSSR count). The number of nitrogens with zero attached hydrogens (tertiary/aromatic N) is 3. The number of sulfonamides is 1. The summed E-state index contributed by atoms with van der Waals surface area (Å²) in [6, 6.07) is 3.63. The molecule has 2 N–H and O–H groups in total. The second-order valence-corrected chi connectivity index (χ2v) is 6.60. The Morgan fingerprint density at radius 3 is 2.40 bits per heavy atom. The van der Waals surface area contributed by atoms with Crippen molar-refractivity contribution in [2.45, 2.75) is 4.90 Å². The third kappa shape index (κ3) is 2.74. The van der Waals surface area contributed by atoms with E-state index in [-0.39, 0.29) is 10.6 Å². The number of hydrogen-bond acceptors (Lipinski definition) is 6. The van der Waals surface area contributed by atoms with E-state index in [9.17, 15) is 18.5 Å². The van der Waals surface area contributed by atoms with Crippen molar-refractivity contribution in [3.05, 3.63) is 28.3 Å². The van der Waals surface area contributed by atoms with Gasteiger partial charge >= 0.3 is 0 Å². The fraction of sp³-hybridized carbons (Fsp3) is 0.455. The first-order chi connectivity index (χ1) is 9.32. The van der Waals surface area contributed by atoms with Crippen molar-refractivity contribution >= 4 is 21.4 Å². The van der Waals surface area contributed by atoms with Gasteiger partial charge in [0.2, 0.25) is 10.0 Å². The molecule has 0 atom stereocenters. The summed E-state index contributed by atoms with van der Waals surface area (Å²) in [7, 11) is -1.97. The summed E-state index contributed by atoms with van der Waals surface area (Å²) in [4.78, 5) is 12.0. The molecule has 1 aromatic carbocycles. The van der Waals surface area contributed by atoms with Gasteiger partial charge in [-0.15, -0.1) is 0 Å². The molecule has 1 heterocycles. The van der Waals surface area contributed by atoms with Gasteiger partial charge in [-0.05, 0) is 19.2 Å². The molecule has 110 valence electrons. The van der Waals surface area contributed by atoms with Crippen molar-refractivity contribution in [3.63, 3.8) is 0 Å².